The molecule has 0 saturated heterocycles. The molecule has 0 spiro atoms. The highest BCUT2D eigenvalue weighted by molar-refractivity contribution is 5.52. The molecule has 0 atom stereocenters. The third-order valence-corrected chi connectivity index (χ3v) is 1.79. The van der Waals surface area contributed by atoms with Gasteiger partial charge in [0, 0.05) is 5.69 Å². The number of aryl methyl sites for hydroxylation is 1. The number of nitrogen functional groups attached to an aromatic ring is 1. The van der Waals surface area contributed by atoms with Crippen molar-refractivity contribution in [2.75, 3.05) is 5.73 Å². The Labute approximate surface area is 72.6 Å². The lowest BCUT2D eigenvalue weighted by atomic mass is 10.1. The van der Waals surface area contributed by atoms with Crippen LogP contribution >= 0.6 is 0 Å². The van der Waals surface area contributed by atoms with E-state index in [0.717, 1.165) is 24.1 Å². The quantitative estimate of drug-likeness (QED) is 0.673. The molecule has 1 aromatic carbocycles. The molecule has 12 heavy (non-hydrogen) atoms. The summed E-state index contributed by atoms with van der Waals surface area (Å²) < 4.78 is 0. The van der Waals surface area contributed by atoms with Crippen LogP contribution in [0.3, 0.4) is 0 Å². The summed E-state index contributed by atoms with van der Waals surface area (Å²) in [4.78, 5) is 0. The van der Waals surface area contributed by atoms with Crippen molar-refractivity contribution in [1.82, 2.24) is 0 Å². The lowest BCUT2D eigenvalue weighted by Gasteiger charge is -2.02. The standard InChI is InChI=1S/C10H12N2/c1-2-3-9-5-4-8(7-11)6-10(9)12/h4-6H,2-3,12H2,1H3. The van der Waals surface area contributed by atoms with Crippen LogP contribution in [0.25, 0.3) is 0 Å². The summed E-state index contributed by atoms with van der Waals surface area (Å²) in [6.07, 6.45) is 2.06. The molecule has 0 bridgehead atoms. The fourth-order valence-corrected chi connectivity index (χ4v) is 1.16. The van der Waals surface area contributed by atoms with Crippen molar-refractivity contribution in [3.8, 4) is 6.07 Å². The SMILES string of the molecule is CCCc1ccc(C#N)cc1N. The third-order valence-electron chi connectivity index (χ3n) is 1.79. The van der Waals surface area contributed by atoms with Crippen LogP contribution in [0.2, 0.25) is 0 Å². The summed E-state index contributed by atoms with van der Waals surface area (Å²) in [5, 5.41) is 8.58. The molecule has 2 N–H and O–H groups in total. The first-order valence-corrected chi connectivity index (χ1v) is 4.06. The first kappa shape index (κ1) is 8.61. The van der Waals surface area contributed by atoms with Crippen molar-refractivity contribution in [3.05, 3.63) is 29.3 Å². The molecule has 0 heterocycles. The zero-order chi connectivity index (χ0) is 8.97. The van der Waals surface area contributed by atoms with Crippen LogP contribution in [0, 0.1) is 11.3 Å². The zero-order valence-corrected chi connectivity index (χ0v) is 7.17. The minimum absolute atomic E-state index is 0.632. The zero-order valence-electron chi connectivity index (χ0n) is 7.17. The van der Waals surface area contributed by atoms with Crippen molar-refractivity contribution >= 4 is 5.69 Å². The molecule has 0 aliphatic rings. The average Bonchev–Trinajstić information content (AvgIpc) is 2.09. The molecular formula is C10H12N2. The van der Waals surface area contributed by atoms with Crippen molar-refractivity contribution in [1.29, 1.82) is 5.26 Å². The number of hydrogen-bond donors (Lipinski definition) is 1. The Balaban J connectivity index is 2.97. The molecule has 0 aliphatic carbocycles. The Morgan fingerprint density at radius 2 is 2.25 bits per heavy atom. The molecule has 62 valence electrons. The second-order valence-electron chi connectivity index (χ2n) is 2.78. The number of rotatable bonds is 2. The summed E-state index contributed by atoms with van der Waals surface area (Å²) in [6, 6.07) is 7.52. The normalized spacial score (nSPS) is 9.33. The van der Waals surface area contributed by atoms with Crippen LogP contribution in [0.5, 0.6) is 0 Å². The summed E-state index contributed by atoms with van der Waals surface area (Å²) >= 11 is 0. The summed E-state index contributed by atoms with van der Waals surface area (Å²) in [5.41, 5.74) is 8.23. The second kappa shape index (κ2) is 3.77. The molecule has 1 rings (SSSR count). The van der Waals surface area contributed by atoms with Gasteiger partial charge in [0.25, 0.3) is 0 Å². The van der Waals surface area contributed by atoms with Crippen LogP contribution in [0.15, 0.2) is 18.2 Å². The molecular weight excluding hydrogens is 148 g/mol. The largest absolute Gasteiger partial charge is 0.398 e. The third kappa shape index (κ3) is 1.76. The highest BCUT2D eigenvalue weighted by Gasteiger charge is 1.98. The molecule has 1 aromatic rings. The van der Waals surface area contributed by atoms with Crippen LogP contribution in [-0.2, 0) is 6.42 Å². The van der Waals surface area contributed by atoms with Crippen LogP contribution in [0.1, 0.15) is 24.5 Å². The van der Waals surface area contributed by atoms with E-state index in [1.54, 1.807) is 12.1 Å². The number of nitrogens with zero attached hydrogens (tertiary/aromatic N) is 1. The van der Waals surface area contributed by atoms with E-state index >= 15 is 0 Å². The first-order valence-electron chi connectivity index (χ1n) is 4.06. The molecule has 0 fully saturated rings. The number of benzene rings is 1. The molecule has 2 heteroatoms. The van der Waals surface area contributed by atoms with Gasteiger partial charge in [-0.25, -0.2) is 0 Å². The Morgan fingerprint density at radius 1 is 1.50 bits per heavy atom. The van der Waals surface area contributed by atoms with Crippen molar-refractivity contribution in [2.45, 2.75) is 19.8 Å². The van der Waals surface area contributed by atoms with Crippen molar-refractivity contribution in [3.63, 3.8) is 0 Å². The molecule has 0 unspecified atom stereocenters. The summed E-state index contributed by atoms with van der Waals surface area (Å²) in [6.45, 7) is 2.11. The molecule has 2 nitrogen and oxygen atoms in total. The predicted molar refractivity (Wildman–Crippen MR) is 49.6 cm³/mol. The van der Waals surface area contributed by atoms with E-state index < -0.39 is 0 Å². The van der Waals surface area contributed by atoms with Gasteiger partial charge in [-0.2, -0.15) is 5.26 Å². The highest BCUT2D eigenvalue weighted by Crippen LogP contribution is 2.15. The Hall–Kier alpha value is -1.49. The summed E-state index contributed by atoms with van der Waals surface area (Å²) in [5.74, 6) is 0. The van der Waals surface area contributed by atoms with Gasteiger partial charge < -0.3 is 5.73 Å². The van der Waals surface area contributed by atoms with Gasteiger partial charge in [0.2, 0.25) is 0 Å². The lowest BCUT2D eigenvalue weighted by molar-refractivity contribution is 0.924. The second-order valence-corrected chi connectivity index (χ2v) is 2.78. The van der Waals surface area contributed by atoms with Crippen molar-refractivity contribution < 1.29 is 0 Å². The van der Waals surface area contributed by atoms with Crippen molar-refractivity contribution in [2.24, 2.45) is 0 Å². The Kier molecular flexibility index (Phi) is 2.71. The van der Waals surface area contributed by atoms with Gasteiger partial charge in [0.05, 0.1) is 11.6 Å². The molecule has 0 aromatic heterocycles. The monoisotopic (exact) mass is 160 g/mol. The molecule has 0 saturated carbocycles. The van der Waals surface area contributed by atoms with Crippen LogP contribution in [0.4, 0.5) is 5.69 Å². The van der Waals surface area contributed by atoms with Gasteiger partial charge in [-0.05, 0) is 24.1 Å². The van der Waals surface area contributed by atoms with E-state index in [9.17, 15) is 0 Å². The average molecular weight is 160 g/mol. The van der Waals surface area contributed by atoms with Crippen LogP contribution in [-0.4, -0.2) is 0 Å². The molecule has 0 amide bonds. The van der Waals surface area contributed by atoms with Gasteiger partial charge in [0.1, 0.15) is 0 Å². The van der Waals surface area contributed by atoms with Crippen LogP contribution < -0.4 is 5.73 Å². The fourth-order valence-electron chi connectivity index (χ4n) is 1.16. The number of anilines is 1. The number of nitriles is 1. The van der Waals surface area contributed by atoms with Gasteiger partial charge in [-0.3, -0.25) is 0 Å². The van der Waals surface area contributed by atoms with E-state index in [-0.39, 0.29) is 0 Å². The molecule has 0 aliphatic heterocycles. The van der Waals surface area contributed by atoms with Gasteiger partial charge >= 0.3 is 0 Å². The van der Waals surface area contributed by atoms with E-state index in [4.69, 9.17) is 11.0 Å². The minimum Gasteiger partial charge on any atom is -0.398 e. The highest BCUT2D eigenvalue weighted by atomic mass is 14.6. The maximum Gasteiger partial charge on any atom is 0.0992 e. The van der Waals surface area contributed by atoms with E-state index in [0.29, 0.717) is 5.56 Å². The Morgan fingerprint density at radius 3 is 2.75 bits per heavy atom. The number of hydrogen-bond acceptors (Lipinski definition) is 2. The smallest absolute Gasteiger partial charge is 0.0992 e. The minimum atomic E-state index is 0.632. The van der Waals surface area contributed by atoms with Gasteiger partial charge in [0.15, 0.2) is 0 Å². The maximum absolute atomic E-state index is 8.58. The fraction of sp³-hybridized carbons (Fsp3) is 0.300. The topological polar surface area (TPSA) is 49.8 Å². The maximum atomic E-state index is 8.58. The Bertz CT molecular complexity index is 310. The summed E-state index contributed by atoms with van der Waals surface area (Å²) in [7, 11) is 0. The van der Waals surface area contributed by atoms with E-state index in [2.05, 4.69) is 13.0 Å². The molecule has 0 radical (unpaired) electrons. The van der Waals surface area contributed by atoms with Gasteiger partial charge in [-0.1, -0.05) is 19.4 Å². The van der Waals surface area contributed by atoms with Gasteiger partial charge in [-0.15, -0.1) is 0 Å². The predicted octanol–water partition coefficient (Wildman–Crippen LogP) is 2.09. The lowest BCUT2D eigenvalue weighted by Crippen LogP contribution is -1.94. The first-order chi connectivity index (χ1) is 5.77. The van der Waals surface area contributed by atoms with E-state index in [1.807, 2.05) is 6.07 Å². The van der Waals surface area contributed by atoms with E-state index in [1.165, 1.54) is 0 Å². The number of nitrogens with two attached hydrogens (primary N) is 1.